The molecule has 2 N–H and O–H groups in total. The van der Waals surface area contributed by atoms with Gasteiger partial charge in [-0.15, -0.1) is 24.1 Å². The van der Waals surface area contributed by atoms with E-state index < -0.39 is 0 Å². The molecular weight excluding hydrogens is 178 g/mol. The second-order valence-electron chi connectivity index (χ2n) is 2.65. The summed E-state index contributed by atoms with van der Waals surface area (Å²) in [6.07, 6.45) is 5.98. The monoisotopic (exact) mass is 191 g/mol. The first kappa shape index (κ1) is 10.2. The summed E-state index contributed by atoms with van der Waals surface area (Å²) in [7, 11) is 0. The first-order valence-electron chi connectivity index (χ1n) is 4.22. The minimum atomic E-state index is 0.601. The maximum absolute atomic E-state index is 5.53. The quantitative estimate of drug-likeness (QED) is 0.449. The smallest absolute Gasteiger partial charge is 0.0180 e. The fraction of sp³-hybridized carbons (Fsp3) is 0.273. The van der Waals surface area contributed by atoms with Gasteiger partial charge in [-0.25, -0.2) is 0 Å². The van der Waals surface area contributed by atoms with Crippen molar-refractivity contribution >= 4 is 11.8 Å². The molecule has 0 aromatic heterocycles. The van der Waals surface area contributed by atoms with Crippen molar-refractivity contribution in [2.24, 2.45) is 5.73 Å². The fourth-order valence-electron chi connectivity index (χ4n) is 0.990. The minimum absolute atomic E-state index is 0.601. The van der Waals surface area contributed by atoms with E-state index in [9.17, 15) is 0 Å². The SMILES string of the molecule is C#CCCSc1cccc(CN)c1. The van der Waals surface area contributed by atoms with E-state index >= 15 is 0 Å². The Balaban J connectivity index is 2.52. The third kappa shape index (κ3) is 3.54. The van der Waals surface area contributed by atoms with Crippen LogP contribution in [0.2, 0.25) is 0 Å². The van der Waals surface area contributed by atoms with Crippen LogP contribution in [-0.4, -0.2) is 5.75 Å². The van der Waals surface area contributed by atoms with Crippen molar-refractivity contribution in [1.29, 1.82) is 0 Å². The fourth-order valence-corrected chi connectivity index (χ4v) is 1.86. The van der Waals surface area contributed by atoms with E-state index in [2.05, 4.69) is 18.1 Å². The molecule has 0 amide bonds. The lowest BCUT2D eigenvalue weighted by Crippen LogP contribution is -1.95. The van der Waals surface area contributed by atoms with E-state index in [1.54, 1.807) is 11.8 Å². The molecular formula is C11H13NS. The summed E-state index contributed by atoms with van der Waals surface area (Å²) in [4.78, 5) is 1.25. The van der Waals surface area contributed by atoms with Gasteiger partial charge in [-0.05, 0) is 17.7 Å². The highest BCUT2D eigenvalue weighted by Crippen LogP contribution is 2.19. The van der Waals surface area contributed by atoms with Crippen molar-refractivity contribution in [3.8, 4) is 12.3 Å². The predicted molar refractivity (Wildman–Crippen MR) is 58.5 cm³/mol. The van der Waals surface area contributed by atoms with Crippen LogP contribution in [-0.2, 0) is 6.54 Å². The molecule has 0 unspecified atom stereocenters. The molecule has 0 saturated carbocycles. The Morgan fingerprint density at radius 2 is 2.31 bits per heavy atom. The van der Waals surface area contributed by atoms with Crippen molar-refractivity contribution in [2.45, 2.75) is 17.9 Å². The zero-order chi connectivity index (χ0) is 9.52. The molecule has 0 heterocycles. The van der Waals surface area contributed by atoms with E-state index in [0.717, 1.165) is 12.2 Å². The highest BCUT2D eigenvalue weighted by Gasteiger charge is 1.94. The van der Waals surface area contributed by atoms with E-state index in [0.29, 0.717) is 6.54 Å². The van der Waals surface area contributed by atoms with Gasteiger partial charge in [0.1, 0.15) is 0 Å². The van der Waals surface area contributed by atoms with Gasteiger partial charge in [-0.1, -0.05) is 12.1 Å². The Labute approximate surface area is 83.7 Å². The highest BCUT2D eigenvalue weighted by atomic mass is 32.2. The van der Waals surface area contributed by atoms with Crippen LogP contribution < -0.4 is 5.73 Å². The highest BCUT2D eigenvalue weighted by molar-refractivity contribution is 7.99. The maximum Gasteiger partial charge on any atom is 0.0180 e. The number of nitrogens with two attached hydrogens (primary N) is 1. The van der Waals surface area contributed by atoms with Crippen molar-refractivity contribution in [1.82, 2.24) is 0 Å². The van der Waals surface area contributed by atoms with E-state index in [1.165, 1.54) is 10.5 Å². The molecule has 1 aromatic carbocycles. The summed E-state index contributed by atoms with van der Waals surface area (Å²) in [5.74, 6) is 3.60. The van der Waals surface area contributed by atoms with Crippen LogP contribution in [0.4, 0.5) is 0 Å². The molecule has 0 bridgehead atoms. The van der Waals surface area contributed by atoms with Crippen LogP contribution in [0.5, 0.6) is 0 Å². The molecule has 0 aliphatic heterocycles. The third-order valence-electron chi connectivity index (χ3n) is 1.65. The van der Waals surface area contributed by atoms with Gasteiger partial charge in [0, 0.05) is 23.6 Å². The maximum atomic E-state index is 5.53. The Hall–Kier alpha value is -0.910. The molecule has 1 rings (SSSR count). The first-order chi connectivity index (χ1) is 6.36. The lowest BCUT2D eigenvalue weighted by Gasteiger charge is -2.01. The number of rotatable bonds is 4. The summed E-state index contributed by atoms with van der Waals surface area (Å²) in [5, 5.41) is 0. The summed E-state index contributed by atoms with van der Waals surface area (Å²) < 4.78 is 0. The molecule has 1 nitrogen and oxygen atoms in total. The predicted octanol–water partition coefficient (Wildman–Crippen LogP) is 2.26. The van der Waals surface area contributed by atoms with Crippen LogP contribution in [0.3, 0.4) is 0 Å². The van der Waals surface area contributed by atoms with Gasteiger partial charge < -0.3 is 5.73 Å². The molecule has 0 aliphatic rings. The first-order valence-corrected chi connectivity index (χ1v) is 5.20. The van der Waals surface area contributed by atoms with Gasteiger partial charge >= 0.3 is 0 Å². The Bertz CT molecular complexity index is 301. The van der Waals surface area contributed by atoms with Crippen molar-refractivity contribution < 1.29 is 0 Å². The van der Waals surface area contributed by atoms with Crippen LogP contribution in [0.1, 0.15) is 12.0 Å². The van der Waals surface area contributed by atoms with E-state index in [4.69, 9.17) is 12.2 Å². The summed E-state index contributed by atoms with van der Waals surface area (Å²) >= 11 is 1.78. The van der Waals surface area contributed by atoms with Gasteiger partial charge in [-0.2, -0.15) is 0 Å². The number of hydrogen-bond donors (Lipinski definition) is 1. The average Bonchev–Trinajstić information content (AvgIpc) is 2.19. The van der Waals surface area contributed by atoms with Crippen LogP contribution in [0.15, 0.2) is 29.2 Å². The number of thioether (sulfide) groups is 1. The van der Waals surface area contributed by atoms with Crippen LogP contribution in [0, 0.1) is 12.3 Å². The second-order valence-corrected chi connectivity index (χ2v) is 3.82. The van der Waals surface area contributed by atoms with Gasteiger partial charge in [0.2, 0.25) is 0 Å². The second kappa shape index (κ2) is 5.69. The zero-order valence-corrected chi connectivity index (χ0v) is 8.31. The lowest BCUT2D eigenvalue weighted by atomic mass is 10.2. The average molecular weight is 191 g/mol. The zero-order valence-electron chi connectivity index (χ0n) is 7.49. The number of hydrogen-bond acceptors (Lipinski definition) is 2. The summed E-state index contributed by atoms with van der Waals surface area (Å²) in [6, 6.07) is 8.26. The molecule has 0 spiro atoms. The van der Waals surface area contributed by atoms with E-state index in [1.807, 2.05) is 12.1 Å². The molecule has 0 fully saturated rings. The molecule has 2 heteroatoms. The Morgan fingerprint density at radius 3 is 3.00 bits per heavy atom. The largest absolute Gasteiger partial charge is 0.326 e. The van der Waals surface area contributed by atoms with Gasteiger partial charge in [0.15, 0.2) is 0 Å². The third-order valence-corrected chi connectivity index (χ3v) is 2.64. The van der Waals surface area contributed by atoms with Crippen molar-refractivity contribution in [3.05, 3.63) is 29.8 Å². The summed E-state index contributed by atoms with van der Waals surface area (Å²) in [6.45, 7) is 0.601. The molecule has 68 valence electrons. The molecule has 0 atom stereocenters. The standard InChI is InChI=1S/C11H13NS/c1-2-3-7-13-11-6-4-5-10(8-11)9-12/h1,4-6,8H,3,7,9,12H2. The molecule has 13 heavy (non-hydrogen) atoms. The molecule has 0 aliphatic carbocycles. The summed E-state index contributed by atoms with van der Waals surface area (Å²) in [5.41, 5.74) is 6.70. The molecule has 1 aromatic rings. The lowest BCUT2D eigenvalue weighted by molar-refractivity contribution is 1.06. The van der Waals surface area contributed by atoms with Gasteiger partial charge in [0.25, 0.3) is 0 Å². The van der Waals surface area contributed by atoms with E-state index in [-0.39, 0.29) is 0 Å². The topological polar surface area (TPSA) is 26.0 Å². The van der Waals surface area contributed by atoms with Gasteiger partial charge in [-0.3, -0.25) is 0 Å². The minimum Gasteiger partial charge on any atom is -0.326 e. The Kier molecular flexibility index (Phi) is 4.45. The van der Waals surface area contributed by atoms with Crippen LogP contribution >= 0.6 is 11.8 Å². The Morgan fingerprint density at radius 1 is 1.46 bits per heavy atom. The van der Waals surface area contributed by atoms with Crippen molar-refractivity contribution in [2.75, 3.05) is 5.75 Å². The number of benzene rings is 1. The van der Waals surface area contributed by atoms with Crippen molar-refractivity contribution in [3.63, 3.8) is 0 Å². The molecule has 0 saturated heterocycles. The molecule has 0 radical (unpaired) electrons. The normalized spacial score (nSPS) is 9.54. The van der Waals surface area contributed by atoms with Crippen LogP contribution in [0.25, 0.3) is 0 Å². The number of terminal acetylenes is 1. The van der Waals surface area contributed by atoms with Gasteiger partial charge in [0.05, 0.1) is 0 Å².